The molecular formula is C25H44N6O. The highest BCUT2D eigenvalue weighted by Gasteiger charge is 2.14. The second kappa shape index (κ2) is 18.5. The van der Waals surface area contributed by atoms with Crippen molar-refractivity contribution in [3.63, 3.8) is 0 Å². The maximum atomic E-state index is 8.42. The number of allylic oxidation sites excluding steroid dienone is 5. The van der Waals surface area contributed by atoms with Crippen LogP contribution in [0.25, 0.3) is 0 Å². The van der Waals surface area contributed by atoms with E-state index >= 15 is 0 Å². The van der Waals surface area contributed by atoms with Crippen molar-refractivity contribution < 1.29 is 5.11 Å². The third-order valence-corrected chi connectivity index (χ3v) is 5.03. The average Bonchev–Trinajstić information content (AvgIpc) is 3.09. The first-order valence-electron chi connectivity index (χ1n) is 11.7. The van der Waals surface area contributed by atoms with Crippen LogP contribution in [0.1, 0.15) is 30.7 Å². The normalized spacial score (nSPS) is 15.8. The summed E-state index contributed by atoms with van der Waals surface area (Å²) in [6, 6.07) is 0. The van der Waals surface area contributed by atoms with Crippen LogP contribution in [0.4, 0.5) is 0 Å². The van der Waals surface area contributed by atoms with Crippen LogP contribution in [0.2, 0.25) is 0 Å². The van der Waals surface area contributed by atoms with E-state index in [2.05, 4.69) is 67.8 Å². The summed E-state index contributed by atoms with van der Waals surface area (Å²) >= 11 is 0. The van der Waals surface area contributed by atoms with Gasteiger partial charge in [-0.15, -0.1) is 0 Å². The van der Waals surface area contributed by atoms with Gasteiger partial charge in [0.2, 0.25) is 0 Å². The first-order valence-corrected chi connectivity index (χ1v) is 11.7. The number of piperazine rings is 1. The van der Waals surface area contributed by atoms with Crippen LogP contribution in [0.3, 0.4) is 0 Å². The van der Waals surface area contributed by atoms with Crippen molar-refractivity contribution in [2.75, 3.05) is 66.5 Å². The smallest absolute Gasteiger partial charge is 0.125 e. The molecule has 2 heterocycles. The van der Waals surface area contributed by atoms with E-state index in [1.807, 2.05) is 33.3 Å². The van der Waals surface area contributed by atoms with Crippen molar-refractivity contribution >= 4 is 0 Å². The Morgan fingerprint density at radius 2 is 1.66 bits per heavy atom. The quantitative estimate of drug-likeness (QED) is 0.531. The van der Waals surface area contributed by atoms with Gasteiger partial charge in [0.15, 0.2) is 0 Å². The standard InChI is InChI=1S/C12H18N2.C7H18N2O.C6H8N2/c1-13-8-10-14(11-9-13)12-6-4-2-3-5-7-12;1-8-4-2-5-9-6-3-7-10;1-5-3-7-6(2)8-4-5/h2,4-7H,3,8-11H2,1H3;8-10H,2-7H2,1H3;3-4H,1-2H3. The predicted molar refractivity (Wildman–Crippen MR) is 135 cm³/mol. The maximum absolute atomic E-state index is 8.42. The van der Waals surface area contributed by atoms with Gasteiger partial charge in [-0.25, -0.2) is 9.97 Å². The molecule has 0 bridgehead atoms. The number of nitrogens with one attached hydrogen (secondary N) is 2. The molecule has 1 saturated heterocycles. The number of aliphatic hydroxyl groups is 1. The van der Waals surface area contributed by atoms with Crippen molar-refractivity contribution in [3.05, 3.63) is 59.9 Å². The van der Waals surface area contributed by atoms with E-state index < -0.39 is 0 Å². The van der Waals surface area contributed by atoms with Gasteiger partial charge >= 0.3 is 0 Å². The molecule has 1 aromatic heterocycles. The van der Waals surface area contributed by atoms with Gasteiger partial charge in [0, 0.05) is 50.9 Å². The van der Waals surface area contributed by atoms with Gasteiger partial charge < -0.3 is 25.5 Å². The van der Waals surface area contributed by atoms with Gasteiger partial charge in [-0.3, -0.25) is 0 Å². The Hall–Kier alpha value is -2.06. The second-order valence-electron chi connectivity index (χ2n) is 8.04. The van der Waals surface area contributed by atoms with Crippen molar-refractivity contribution in [2.24, 2.45) is 0 Å². The van der Waals surface area contributed by atoms with E-state index in [0.29, 0.717) is 6.61 Å². The molecule has 180 valence electrons. The van der Waals surface area contributed by atoms with Crippen LogP contribution in [0.5, 0.6) is 0 Å². The molecule has 0 saturated carbocycles. The minimum Gasteiger partial charge on any atom is -0.396 e. The number of nitrogens with zero attached hydrogens (tertiary/aromatic N) is 4. The van der Waals surface area contributed by atoms with Crippen molar-refractivity contribution in [2.45, 2.75) is 33.1 Å². The summed E-state index contributed by atoms with van der Waals surface area (Å²) in [5.74, 6) is 0.829. The fourth-order valence-electron chi connectivity index (χ4n) is 3.02. The minimum atomic E-state index is 0.291. The Balaban J connectivity index is 0.000000252. The van der Waals surface area contributed by atoms with E-state index in [-0.39, 0.29) is 0 Å². The van der Waals surface area contributed by atoms with Crippen LogP contribution >= 0.6 is 0 Å². The van der Waals surface area contributed by atoms with E-state index in [0.717, 1.165) is 63.4 Å². The Bertz CT molecular complexity index is 635. The number of aromatic nitrogens is 2. The van der Waals surface area contributed by atoms with Gasteiger partial charge in [-0.05, 0) is 84.6 Å². The molecule has 0 unspecified atom stereocenters. The fourth-order valence-corrected chi connectivity index (χ4v) is 3.02. The van der Waals surface area contributed by atoms with Crippen molar-refractivity contribution in [1.82, 2.24) is 30.4 Å². The summed E-state index contributed by atoms with van der Waals surface area (Å²) in [5, 5.41) is 14.7. The maximum Gasteiger partial charge on any atom is 0.125 e. The first-order chi connectivity index (χ1) is 15.6. The lowest BCUT2D eigenvalue weighted by molar-refractivity contribution is 0.190. The number of aliphatic hydroxyl groups excluding tert-OH is 1. The number of hydrogen-bond acceptors (Lipinski definition) is 7. The molecule has 2 aliphatic rings. The summed E-state index contributed by atoms with van der Waals surface area (Å²) in [7, 11) is 4.14. The summed E-state index contributed by atoms with van der Waals surface area (Å²) in [5.41, 5.74) is 2.47. The lowest BCUT2D eigenvalue weighted by Gasteiger charge is -2.34. The highest BCUT2D eigenvalue weighted by molar-refractivity contribution is 5.26. The Labute approximate surface area is 195 Å². The van der Waals surface area contributed by atoms with Crippen molar-refractivity contribution in [3.8, 4) is 0 Å². The van der Waals surface area contributed by atoms with E-state index in [1.54, 1.807) is 0 Å². The van der Waals surface area contributed by atoms with Gasteiger partial charge in [-0.2, -0.15) is 0 Å². The minimum absolute atomic E-state index is 0.291. The van der Waals surface area contributed by atoms with Gasteiger partial charge in [0.05, 0.1) is 0 Å². The monoisotopic (exact) mass is 444 g/mol. The largest absolute Gasteiger partial charge is 0.396 e. The van der Waals surface area contributed by atoms with Crippen LogP contribution in [-0.2, 0) is 0 Å². The molecule has 0 amide bonds. The van der Waals surface area contributed by atoms with E-state index in [4.69, 9.17) is 5.11 Å². The molecule has 7 heteroatoms. The Morgan fingerprint density at radius 3 is 2.28 bits per heavy atom. The zero-order chi connectivity index (χ0) is 23.4. The number of aryl methyl sites for hydroxylation is 2. The molecule has 0 atom stereocenters. The molecule has 1 aromatic rings. The average molecular weight is 445 g/mol. The zero-order valence-corrected chi connectivity index (χ0v) is 20.6. The van der Waals surface area contributed by atoms with E-state index in [1.165, 1.54) is 18.8 Å². The fraction of sp³-hybridized carbons (Fsp3) is 0.600. The van der Waals surface area contributed by atoms with E-state index in [9.17, 15) is 0 Å². The molecule has 3 N–H and O–H groups in total. The topological polar surface area (TPSA) is 76.5 Å². The highest BCUT2D eigenvalue weighted by atomic mass is 16.3. The molecule has 3 rings (SSSR count). The van der Waals surface area contributed by atoms with Crippen LogP contribution in [-0.4, -0.2) is 91.4 Å². The number of rotatable bonds is 8. The summed E-state index contributed by atoms with van der Waals surface area (Å²) < 4.78 is 0. The predicted octanol–water partition coefficient (Wildman–Crippen LogP) is 2.30. The summed E-state index contributed by atoms with van der Waals surface area (Å²) in [6.07, 6.45) is 17.7. The molecule has 7 nitrogen and oxygen atoms in total. The van der Waals surface area contributed by atoms with Crippen LogP contribution in [0, 0.1) is 13.8 Å². The molecule has 0 aromatic carbocycles. The zero-order valence-electron chi connectivity index (χ0n) is 20.6. The SMILES string of the molecule is CN1CCN(C2=CC=CCC=C2)CC1.CNCCCNCCCO.Cc1cnc(C)nc1. The second-order valence-corrected chi connectivity index (χ2v) is 8.04. The van der Waals surface area contributed by atoms with Gasteiger partial charge in [-0.1, -0.05) is 18.2 Å². The van der Waals surface area contributed by atoms with Gasteiger partial charge in [0.1, 0.15) is 5.82 Å². The van der Waals surface area contributed by atoms with Crippen LogP contribution in [0.15, 0.2) is 48.5 Å². The highest BCUT2D eigenvalue weighted by Crippen LogP contribution is 2.12. The molecular weight excluding hydrogens is 400 g/mol. The molecule has 0 radical (unpaired) electrons. The van der Waals surface area contributed by atoms with Gasteiger partial charge in [0.25, 0.3) is 0 Å². The lowest BCUT2D eigenvalue weighted by atomic mass is 10.2. The third-order valence-electron chi connectivity index (χ3n) is 5.03. The molecule has 1 fully saturated rings. The molecule has 1 aliphatic carbocycles. The number of likely N-dealkylation sites (N-methyl/N-ethyl adjacent to an activating group) is 1. The Morgan fingerprint density at radius 1 is 0.969 bits per heavy atom. The summed E-state index contributed by atoms with van der Waals surface area (Å²) in [6.45, 7) is 11.8. The summed E-state index contributed by atoms with van der Waals surface area (Å²) in [4.78, 5) is 12.8. The third kappa shape index (κ3) is 14.1. The number of hydrogen-bond donors (Lipinski definition) is 3. The Kier molecular flexibility index (Phi) is 16.2. The lowest BCUT2D eigenvalue weighted by Crippen LogP contribution is -2.43. The molecule has 0 spiro atoms. The van der Waals surface area contributed by atoms with Crippen LogP contribution < -0.4 is 10.6 Å². The van der Waals surface area contributed by atoms with Crippen molar-refractivity contribution in [1.29, 1.82) is 0 Å². The first kappa shape index (κ1) is 28.0. The molecule has 32 heavy (non-hydrogen) atoms. The molecule has 1 aliphatic heterocycles.